The second-order valence-electron chi connectivity index (χ2n) is 5.78. The number of thiophene rings is 1. The van der Waals surface area contributed by atoms with E-state index in [9.17, 15) is 9.59 Å². The van der Waals surface area contributed by atoms with Crippen molar-refractivity contribution >= 4 is 27.5 Å². The lowest BCUT2D eigenvalue weighted by Crippen LogP contribution is -2.22. The molecule has 0 unspecified atom stereocenters. The molecule has 2 aromatic heterocycles. The number of hydrogen-bond donors (Lipinski definition) is 2. The number of aromatic amines is 1. The Labute approximate surface area is 143 Å². The highest BCUT2D eigenvalue weighted by molar-refractivity contribution is 7.18. The number of fused-ring (bicyclic) bond motifs is 1. The zero-order valence-electron chi connectivity index (χ0n) is 13.5. The minimum atomic E-state index is -0.146. The largest absolute Gasteiger partial charge is 0.351 e. The van der Waals surface area contributed by atoms with Gasteiger partial charge >= 0.3 is 0 Å². The highest BCUT2D eigenvalue weighted by atomic mass is 32.1. The van der Waals surface area contributed by atoms with E-state index in [4.69, 9.17) is 0 Å². The molecule has 0 fully saturated rings. The Morgan fingerprint density at radius 3 is 2.83 bits per heavy atom. The predicted molar refractivity (Wildman–Crippen MR) is 96.2 cm³/mol. The summed E-state index contributed by atoms with van der Waals surface area (Å²) in [6.07, 6.45) is 3.62. The lowest BCUT2D eigenvalue weighted by molar-refractivity contribution is -0.121. The Morgan fingerprint density at radius 2 is 2.08 bits per heavy atom. The molecule has 2 N–H and O–H groups in total. The number of H-pyrrole nitrogens is 1. The van der Waals surface area contributed by atoms with Gasteiger partial charge in [0.2, 0.25) is 5.91 Å². The fraction of sp³-hybridized carbons (Fsp3) is 0.278. The molecule has 0 aliphatic heterocycles. The summed E-state index contributed by atoms with van der Waals surface area (Å²) >= 11 is 1.43. The van der Waals surface area contributed by atoms with Crippen LogP contribution in [0.1, 0.15) is 28.8 Å². The van der Waals surface area contributed by atoms with Gasteiger partial charge in [0.05, 0.1) is 18.3 Å². The van der Waals surface area contributed by atoms with Gasteiger partial charge in [0.25, 0.3) is 5.56 Å². The molecular formula is C18H19N3O2S. The second-order valence-corrected chi connectivity index (χ2v) is 6.89. The van der Waals surface area contributed by atoms with Crippen molar-refractivity contribution in [1.29, 1.82) is 0 Å². The van der Waals surface area contributed by atoms with Gasteiger partial charge in [0, 0.05) is 11.3 Å². The molecule has 124 valence electrons. The molecule has 5 nitrogen and oxygen atoms in total. The van der Waals surface area contributed by atoms with E-state index in [0.29, 0.717) is 23.2 Å². The van der Waals surface area contributed by atoms with E-state index in [0.717, 1.165) is 17.7 Å². The molecule has 0 spiro atoms. The Hall–Kier alpha value is -2.47. The Kier molecular flexibility index (Phi) is 5.05. The minimum Gasteiger partial charge on any atom is -0.351 e. The van der Waals surface area contributed by atoms with E-state index in [1.165, 1.54) is 28.8 Å². The Balaban J connectivity index is 1.47. The van der Waals surface area contributed by atoms with Gasteiger partial charge < -0.3 is 10.3 Å². The minimum absolute atomic E-state index is 0.0291. The number of aryl methyl sites for hydroxylation is 2. The maximum absolute atomic E-state index is 12.0. The molecule has 0 atom stereocenters. The highest BCUT2D eigenvalue weighted by Crippen LogP contribution is 2.20. The van der Waals surface area contributed by atoms with Gasteiger partial charge in [0.15, 0.2) is 0 Å². The Bertz CT molecular complexity index is 897. The standard InChI is InChI=1S/C18H19N3O2S/c1-12-5-7-13(8-6-12)3-2-4-16(22)19-10-14-9-15-17(23)20-11-21-18(15)24-14/h5-9,11H,2-4,10H2,1H3,(H,19,22)(H,20,21,23). The summed E-state index contributed by atoms with van der Waals surface area (Å²) in [5.74, 6) is 0.0291. The molecule has 0 saturated heterocycles. The van der Waals surface area contributed by atoms with Gasteiger partial charge in [-0.1, -0.05) is 29.8 Å². The number of carbonyl (C=O) groups is 1. The maximum atomic E-state index is 12.0. The first-order valence-corrected chi connectivity index (χ1v) is 8.72. The molecule has 2 heterocycles. The monoisotopic (exact) mass is 341 g/mol. The number of amides is 1. The Morgan fingerprint density at radius 1 is 1.29 bits per heavy atom. The van der Waals surface area contributed by atoms with Crippen molar-refractivity contribution in [2.45, 2.75) is 32.7 Å². The van der Waals surface area contributed by atoms with Crippen molar-refractivity contribution in [3.63, 3.8) is 0 Å². The normalized spacial score (nSPS) is 10.9. The first-order valence-electron chi connectivity index (χ1n) is 7.90. The van der Waals surface area contributed by atoms with Crippen molar-refractivity contribution in [2.75, 3.05) is 0 Å². The SMILES string of the molecule is Cc1ccc(CCCC(=O)NCc2cc3c(=O)[nH]cnc3s2)cc1. The summed E-state index contributed by atoms with van der Waals surface area (Å²) in [5.41, 5.74) is 2.35. The average molecular weight is 341 g/mol. The van der Waals surface area contributed by atoms with E-state index in [-0.39, 0.29) is 11.5 Å². The average Bonchev–Trinajstić information content (AvgIpc) is 2.99. The third-order valence-electron chi connectivity index (χ3n) is 3.84. The summed E-state index contributed by atoms with van der Waals surface area (Å²) in [7, 11) is 0. The molecule has 6 heteroatoms. The number of nitrogens with one attached hydrogen (secondary N) is 2. The quantitative estimate of drug-likeness (QED) is 0.724. The fourth-order valence-electron chi connectivity index (χ4n) is 2.49. The third-order valence-corrected chi connectivity index (χ3v) is 4.88. The molecule has 1 amide bonds. The van der Waals surface area contributed by atoms with Crippen molar-refractivity contribution in [3.8, 4) is 0 Å². The van der Waals surface area contributed by atoms with Crippen LogP contribution in [0, 0.1) is 6.92 Å². The third kappa shape index (κ3) is 4.08. The zero-order valence-corrected chi connectivity index (χ0v) is 14.3. The van der Waals surface area contributed by atoms with Crippen LogP contribution in [0.15, 0.2) is 41.5 Å². The van der Waals surface area contributed by atoms with Crippen LogP contribution in [0.25, 0.3) is 10.2 Å². The number of hydrogen-bond acceptors (Lipinski definition) is 4. The summed E-state index contributed by atoms with van der Waals surface area (Å²) in [6.45, 7) is 2.50. The summed E-state index contributed by atoms with van der Waals surface area (Å²) in [4.78, 5) is 31.9. The molecule has 3 aromatic rings. The molecule has 0 radical (unpaired) electrons. The molecule has 0 aliphatic rings. The van der Waals surface area contributed by atoms with Gasteiger partial charge in [-0.15, -0.1) is 11.3 Å². The summed E-state index contributed by atoms with van der Waals surface area (Å²) in [6, 6.07) is 10.2. The number of rotatable bonds is 6. The first kappa shape index (κ1) is 16.4. The van der Waals surface area contributed by atoms with Crippen molar-refractivity contribution in [3.05, 3.63) is 63.0 Å². The van der Waals surface area contributed by atoms with Crippen molar-refractivity contribution in [1.82, 2.24) is 15.3 Å². The van der Waals surface area contributed by atoms with Crippen LogP contribution < -0.4 is 10.9 Å². The van der Waals surface area contributed by atoms with Gasteiger partial charge in [0.1, 0.15) is 4.83 Å². The van der Waals surface area contributed by atoms with E-state index in [1.54, 1.807) is 6.07 Å². The number of nitrogens with zero attached hydrogens (tertiary/aromatic N) is 1. The van der Waals surface area contributed by atoms with Crippen molar-refractivity contribution < 1.29 is 4.79 Å². The topological polar surface area (TPSA) is 74.8 Å². The molecular weight excluding hydrogens is 322 g/mol. The van der Waals surface area contributed by atoms with Crippen LogP contribution in [-0.2, 0) is 17.8 Å². The van der Waals surface area contributed by atoms with Crippen LogP contribution >= 0.6 is 11.3 Å². The van der Waals surface area contributed by atoms with Crippen LogP contribution in [0.3, 0.4) is 0 Å². The number of carbonyl (C=O) groups excluding carboxylic acids is 1. The van der Waals surface area contributed by atoms with E-state index >= 15 is 0 Å². The van der Waals surface area contributed by atoms with E-state index < -0.39 is 0 Å². The lowest BCUT2D eigenvalue weighted by Gasteiger charge is -2.04. The van der Waals surface area contributed by atoms with Gasteiger partial charge in [-0.3, -0.25) is 9.59 Å². The smallest absolute Gasteiger partial charge is 0.259 e. The van der Waals surface area contributed by atoms with Gasteiger partial charge in [-0.05, 0) is 31.4 Å². The second kappa shape index (κ2) is 7.40. The van der Waals surface area contributed by atoms with E-state index in [1.807, 2.05) is 0 Å². The number of benzene rings is 1. The lowest BCUT2D eigenvalue weighted by atomic mass is 10.1. The maximum Gasteiger partial charge on any atom is 0.259 e. The molecule has 0 aliphatic carbocycles. The van der Waals surface area contributed by atoms with Crippen LogP contribution in [0.4, 0.5) is 0 Å². The number of aromatic nitrogens is 2. The molecule has 0 bridgehead atoms. The highest BCUT2D eigenvalue weighted by Gasteiger charge is 2.07. The van der Waals surface area contributed by atoms with Gasteiger partial charge in [-0.25, -0.2) is 4.98 Å². The van der Waals surface area contributed by atoms with Crippen molar-refractivity contribution in [2.24, 2.45) is 0 Å². The molecule has 24 heavy (non-hydrogen) atoms. The van der Waals surface area contributed by atoms with Crippen LogP contribution in [0.5, 0.6) is 0 Å². The van der Waals surface area contributed by atoms with Gasteiger partial charge in [-0.2, -0.15) is 0 Å². The van der Waals surface area contributed by atoms with Crippen LogP contribution in [-0.4, -0.2) is 15.9 Å². The first-order chi connectivity index (χ1) is 11.6. The zero-order chi connectivity index (χ0) is 16.9. The summed E-state index contributed by atoms with van der Waals surface area (Å²) in [5, 5.41) is 3.48. The molecule has 1 aromatic carbocycles. The molecule has 3 rings (SSSR count). The predicted octanol–water partition coefficient (Wildman–Crippen LogP) is 2.93. The van der Waals surface area contributed by atoms with Crippen LogP contribution in [0.2, 0.25) is 0 Å². The fourth-order valence-corrected chi connectivity index (χ4v) is 3.42. The summed E-state index contributed by atoms with van der Waals surface area (Å²) < 4.78 is 0. The molecule has 0 saturated carbocycles. The van der Waals surface area contributed by atoms with E-state index in [2.05, 4.69) is 46.5 Å².